The average Bonchev–Trinajstić information content (AvgIpc) is 3.01. The molecule has 0 radical (unpaired) electrons. The number of carbonyl (C=O) groups is 1. The van der Waals surface area contributed by atoms with Crippen LogP contribution in [-0.2, 0) is 13.0 Å². The molecule has 4 nitrogen and oxygen atoms in total. The van der Waals surface area contributed by atoms with E-state index in [1.54, 1.807) is 11.3 Å². The molecule has 0 spiro atoms. The lowest BCUT2D eigenvalue weighted by Gasteiger charge is -2.26. The van der Waals surface area contributed by atoms with Gasteiger partial charge in [0.2, 0.25) is 0 Å². The lowest BCUT2D eigenvalue weighted by Crippen LogP contribution is -2.39. The molecule has 3 rings (SSSR count). The van der Waals surface area contributed by atoms with Gasteiger partial charge < -0.3 is 15.4 Å². The van der Waals surface area contributed by atoms with Crippen molar-refractivity contribution in [3.05, 3.63) is 51.7 Å². The Kier molecular flexibility index (Phi) is 4.63. The fourth-order valence-corrected chi connectivity index (χ4v) is 3.47. The second kappa shape index (κ2) is 6.83. The normalized spacial score (nSPS) is 16.5. The molecule has 0 fully saturated rings. The number of nitrogens with one attached hydrogen (secondary N) is 2. The molecule has 2 aromatic rings. The Morgan fingerprint density at radius 2 is 2.09 bits per heavy atom. The van der Waals surface area contributed by atoms with E-state index in [2.05, 4.69) is 29.7 Å². The topological polar surface area (TPSA) is 50.4 Å². The highest BCUT2D eigenvalue weighted by molar-refractivity contribution is 7.11. The van der Waals surface area contributed by atoms with Crippen LogP contribution in [0, 0.1) is 0 Å². The van der Waals surface area contributed by atoms with Crippen molar-refractivity contribution in [1.82, 2.24) is 10.6 Å². The molecule has 116 valence electrons. The van der Waals surface area contributed by atoms with Crippen molar-refractivity contribution >= 4 is 17.4 Å². The van der Waals surface area contributed by atoms with Gasteiger partial charge in [0.25, 0.3) is 0 Å². The Bertz CT molecular complexity index is 654. The number of carbonyl (C=O) groups excluding carboxylic acids is 1. The Labute approximate surface area is 134 Å². The van der Waals surface area contributed by atoms with Crippen LogP contribution in [0.15, 0.2) is 36.4 Å². The van der Waals surface area contributed by atoms with E-state index < -0.39 is 0 Å². The van der Waals surface area contributed by atoms with Crippen molar-refractivity contribution < 1.29 is 9.53 Å². The third kappa shape index (κ3) is 3.42. The molecule has 0 bridgehead atoms. The summed E-state index contributed by atoms with van der Waals surface area (Å²) in [6, 6.07) is 11.9. The van der Waals surface area contributed by atoms with Gasteiger partial charge >= 0.3 is 6.03 Å². The van der Waals surface area contributed by atoms with Crippen molar-refractivity contribution in [2.24, 2.45) is 0 Å². The van der Waals surface area contributed by atoms with Crippen molar-refractivity contribution in [2.75, 3.05) is 6.61 Å². The van der Waals surface area contributed by atoms with Crippen molar-refractivity contribution in [2.45, 2.75) is 32.4 Å². The minimum atomic E-state index is -0.131. The van der Waals surface area contributed by atoms with Gasteiger partial charge in [0.1, 0.15) is 5.75 Å². The standard InChI is InChI=1S/C17H20N2O2S/c1-2-12-7-8-13(22-12)11-18-17(20)19-15-9-10-21-16-6-4-3-5-14(15)16/h3-8,15H,2,9-11H2,1H3,(H2,18,19,20)/t15-/m0/s1. The summed E-state index contributed by atoms with van der Waals surface area (Å²) in [5.41, 5.74) is 1.05. The first-order valence-electron chi connectivity index (χ1n) is 7.60. The van der Waals surface area contributed by atoms with Crippen LogP contribution in [0.25, 0.3) is 0 Å². The number of rotatable bonds is 4. The van der Waals surface area contributed by atoms with Gasteiger partial charge in [-0.25, -0.2) is 4.79 Å². The lowest BCUT2D eigenvalue weighted by atomic mass is 10.0. The molecule has 1 aliphatic rings. The Hall–Kier alpha value is -2.01. The van der Waals surface area contributed by atoms with E-state index >= 15 is 0 Å². The maximum atomic E-state index is 12.1. The summed E-state index contributed by atoms with van der Waals surface area (Å²) in [6.45, 7) is 3.34. The van der Waals surface area contributed by atoms with Gasteiger partial charge in [-0.1, -0.05) is 25.1 Å². The molecule has 0 unspecified atom stereocenters. The zero-order valence-electron chi connectivity index (χ0n) is 12.6. The second-order valence-corrected chi connectivity index (χ2v) is 6.53. The number of aryl methyl sites for hydroxylation is 1. The fourth-order valence-electron chi connectivity index (χ4n) is 2.58. The SMILES string of the molecule is CCc1ccc(CNC(=O)N[C@H]2CCOc3ccccc32)s1. The van der Waals surface area contributed by atoms with E-state index in [9.17, 15) is 4.79 Å². The first kappa shape index (κ1) is 14.9. The summed E-state index contributed by atoms with van der Waals surface area (Å²) >= 11 is 1.75. The molecule has 5 heteroatoms. The first-order chi connectivity index (χ1) is 10.8. The third-order valence-corrected chi connectivity index (χ3v) is 4.98. The largest absolute Gasteiger partial charge is 0.493 e. The first-order valence-corrected chi connectivity index (χ1v) is 8.41. The van der Waals surface area contributed by atoms with E-state index in [1.165, 1.54) is 9.75 Å². The summed E-state index contributed by atoms with van der Waals surface area (Å²) in [4.78, 5) is 14.6. The highest BCUT2D eigenvalue weighted by Crippen LogP contribution is 2.31. The summed E-state index contributed by atoms with van der Waals surface area (Å²) in [5.74, 6) is 0.866. The Balaban J connectivity index is 1.56. The molecule has 2 amide bonds. The van der Waals surface area contributed by atoms with Crippen molar-refractivity contribution in [3.63, 3.8) is 0 Å². The van der Waals surface area contributed by atoms with Crippen LogP contribution in [0.3, 0.4) is 0 Å². The van der Waals surface area contributed by atoms with Gasteiger partial charge in [-0.15, -0.1) is 11.3 Å². The maximum Gasteiger partial charge on any atom is 0.315 e. The van der Waals surface area contributed by atoms with Gasteiger partial charge in [0, 0.05) is 21.7 Å². The number of thiophene rings is 1. The van der Waals surface area contributed by atoms with E-state index in [0.717, 1.165) is 24.2 Å². The number of benzene rings is 1. The molecule has 0 aliphatic carbocycles. The van der Waals surface area contributed by atoms with Crippen molar-refractivity contribution in [3.8, 4) is 5.75 Å². The van der Waals surface area contributed by atoms with Gasteiger partial charge in [-0.05, 0) is 24.6 Å². The van der Waals surface area contributed by atoms with Gasteiger partial charge in [0.05, 0.1) is 19.2 Å². The molecule has 1 aliphatic heterocycles. The Morgan fingerprint density at radius 1 is 1.27 bits per heavy atom. The lowest BCUT2D eigenvalue weighted by molar-refractivity contribution is 0.223. The summed E-state index contributed by atoms with van der Waals surface area (Å²) in [5, 5.41) is 5.97. The molecular weight excluding hydrogens is 296 g/mol. The number of hydrogen-bond acceptors (Lipinski definition) is 3. The number of amides is 2. The highest BCUT2D eigenvalue weighted by Gasteiger charge is 2.22. The van der Waals surface area contributed by atoms with Crippen molar-refractivity contribution in [1.29, 1.82) is 0 Å². The van der Waals surface area contributed by atoms with Crippen LogP contribution in [0.2, 0.25) is 0 Å². The number of fused-ring (bicyclic) bond motifs is 1. The molecule has 1 atom stereocenters. The quantitative estimate of drug-likeness (QED) is 0.905. The molecule has 1 aromatic carbocycles. The predicted octanol–water partition coefficient (Wildman–Crippen LogP) is 3.63. The summed E-state index contributed by atoms with van der Waals surface area (Å²) < 4.78 is 5.61. The van der Waals surface area contributed by atoms with Gasteiger partial charge in [-0.3, -0.25) is 0 Å². The predicted molar refractivity (Wildman–Crippen MR) is 88.4 cm³/mol. The Morgan fingerprint density at radius 3 is 2.91 bits per heavy atom. The molecular formula is C17H20N2O2S. The van der Waals surface area contributed by atoms with Gasteiger partial charge in [0.15, 0.2) is 0 Å². The zero-order valence-corrected chi connectivity index (χ0v) is 13.4. The maximum absolute atomic E-state index is 12.1. The van der Waals surface area contributed by atoms with Crippen LogP contribution in [0.1, 0.15) is 34.7 Å². The zero-order chi connectivity index (χ0) is 15.4. The van der Waals surface area contributed by atoms with Gasteiger partial charge in [-0.2, -0.15) is 0 Å². The monoisotopic (exact) mass is 316 g/mol. The minimum Gasteiger partial charge on any atom is -0.493 e. The van der Waals surface area contributed by atoms with E-state index in [1.807, 2.05) is 24.3 Å². The number of ether oxygens (including phenoxy) is 1. The average molecular weight is 316 g/mol. The van der Waals surface area contributed by atoms with Crippen LogP contribution in [-0.4, -0.2) is 12.6 Å². The molecule has 2 N–H and O–H groups in total. The molecule has 0 saturated heterocycles. The summed E-state index contributed by atoms with van der Waals surface area (Å²) in [7, 11) is 0. The van der Waals surface area contributed by atoms with Crippen LogP contribution >= 0.6 is 11.3 Å². The fraction of sp³-hybridized carbons (Fsp3) is 0.353. The highest BCUT2D eigenvalue weighted by atomic mass is 32.1. The minimum absolute atomic E-state index is 0.0134. The number of hydrogen-bond donors (Lipinski definition) is 2. The molecule has 2 heterocycles. The van der Waals surface area contributed by atoms with Crippen LogP contribution in [0.4, 0.5) is 4.79 Å². The van der Waals surface area contributed by atoms with E-state index in [0.29, 0.717) is 13.2 Å². The summed E-state index contributed by atoms with van der Waals surface area (Å²) in [6.07, 6.45) is 1.83. The third-order valence-electron chi connectivity index (χ3n) is 3.75. The molecule has 22 heavy (non-hydrogen) atoms. The van der Waals surface area contributed by atoms with Crippen LogP contribution in [0.5, 0.6) is 5.75 Å². The van der Waals surface area contributed by atoms with E-state index in [4.69, 9.17) is 4.74 Å². The smallest absolute Gasteiger partial charge is 0.315 e. The van der Waals surface area contributed by atoms with Crippen LogP contribution < -0.4 is 15.4 Å². The number of urea groups is 1. The number of para-hydroxylation sites is 1. The van der Waals surface area contributed by atoms with E-state index in [-0.39, 0.29) is 12.1 Å². The second-order valence-electron chi connectivity index (χ2n) is 5.28. The molecule has 1 aromatic heterocycles. The molecule has 0 saturated carbocycles.